The third kappa shape index (κ3) is 2.90. The Balaban J connectivity index is 1.94. The molecular weight excluding hydrogens is 206 g/mol. The van der Waals surface area contributed by atoms with Gasteiger partial charge in [0.15, 0.2) is 5.82 Å². The van der Waals surface area contributed by atoms with Crippen molar-refractivity contribution < 1.29 is 9.47 Å². The quantitative estimate of drug-likeness (QED) is 0.829. The lowest BCUT2D eigenvalue weighted by Crippen LogP contribution is -2.13. The van der Waals surface area contributed by atoms with Crippen molar-refractivity contribution in [2.24, 2.45) is 0 Å². The number of anilines is 1. The maximum absolute atomic E-state index is 5.67. The summed E-state index contributed by atoms with van der Waals surface area (Å²) >= 11 is 0. The van der Waals surface area contributed by atoms with Crippen molar-refractivity contribution in [2.75, 3.05) is 25.6 Å². The van der Waals surface area contributed by atoms with Crippen molar-refractivity contribution in [1.29, 1.82) is 0 Å². The summed E-state index contributed by atoms with van der Waals surface area (Å²) in [5, 5.41) is 3.00. The average molecular weight is 223 g/mol. The van der Waals surface area contributed by atoms with Crippen LogP contribution in [0.5, 0.6) is 0 Å². The lowest BCUT2D eigenvalue weighted by molar-refractivity contribution is 0.0284. The molecule has 1 unspecified atom stereocenters. The molecule has 5 heteroatoms. The van der Waals surface area contributed by atoms with Crippen LogP contribution >= 0.6 is 0 Å². The van der Waals surface area contributed by atoms with Gasteiger partial charge in [-0.25, -0.2) is 9.97 Å². The van der Waals surface area contributed by atoms with E-state index in [1.165, 1.54) is 0 Å². The van der Waals surface area contributed by atoms with Gasteiger partial charge in [0.05, 0.1) is 12.7 Å². The number of nitrogens with one attached hydrogen (secondary N) is 1. The molecule has 1 saturated heterocycles. The van der Waals surface area contributed by atoms with Crippen molar-refractivity contribution >= 4 is 5.82 Å². The zero-order valence-corrected chi connectivity index (χ0v) is 9.69. The van der Waals surface area contributed by atoms with E-state index in [0.29, 0.717) is 13.2 Å². The van der Waals surface area contributed by atoms with Crippen molar-refractivity contribution in [3.05, 3.63) is 17.6 Å². The molecule has 1 aliphatic rings. The van der Waals surface area contributed by atoms with Crippen molar-refractivity contribution in [3.8, 4) is 0 Å². The van der Waals surface area contributed by atoms with Crippen molar-refractivity contribution in [1.82, 2.24) is 9.97 Å². The molecular formula is C11H17N3O2. The fourth-order valence-electron chi connectivity index (χ4n) is 1.66. The van der Waals surface area contributed by atoms with Gasteiger partial charge in [0, 0.05) is 25.4 Å². The average Bonchev–Trinajstić information content (AvgIpc) is 2.78. The summed E-state index contributed by atoms with van der Waals surface area (Å²) in [6.45, 7) is 3.88. The predicted molar refractivity (Wildman–Crippen MR) is 60.3 cm³/mol. The fraction of sp³-hybridized carbons (Fsp3) is 0.636. The SMILES string of the molecule is CNc1cc(C)nc(COC2CCOC2)n1. The Labute approximate surface area is 95.2 Å². The van der Waals surface area contributed by atoms with E-state index in [9.17, 15) is 0 Å². The molecule has 1 atom stereocenters. The first kappa shape index (κ1) is 11.3. The molecule has 0 amide bonds. The van der Waals surface area contributed by atoms with E-state index in [1.54, 1.807) is 0 Å². The van der Waals surface area contributed by atoms with Gasteiger partial charge in [-0.05, 0) is 13.3 Å². The molecule has 0 aromatic carbocycles. The van der Waals surface area contributed by atoms with Gasteiger partial charge in [0.2, 0.25) is 0 Å². The van der Waals surface area contributed by atoms with Gasteiger partial charge >= 0.3 is 0 Å². The highest BCUT2D eigenvalue weighted by molar-refractivity contribution is 5.34. The molecule has 0 radical (unpaired) electrons. The third-order valence-corrected chi connectivity index (χ3v) is 2.49. The number of aryl methyl sites for hydroxylation is 1. The smallest absolute Gasteiger partial charge is 0.156 e. The van der Waals surface area contributed by atoms with Crippen LogP contribution in [0.4, 0.5) is 5.82 Å². The number of aromatic nitrogens is 2. The van der Waals surface area contributed by atoms with Crippen LogP contribution in [0, 0.1) is 6.92 Å². The molecule has 2 rings (SSSR count). The van der Waals surface area contributed by atoms with E-state index in [1.807, 2.05) is 20.0 Å². The van der Waals surface area contributed by atoms with Crippen LogP contribution in [0.15, 0.2) is 6.07 Å². The minimum atomic E-state index is 0.196. The summed E-state index contributed by atoms with van der Waals surface area (Å²) in [6.07, 6.45) is 1.16. The van der Waals surface area contributed by atoms with E-state index >= 15 is 0 Å². The zero-order chi connectivity index (χ0) is 11.4. The molecule has 1 fully saturated rings. The van der Waals surface area contributed by atoms with Gasteiger partial charge in [-0.2, -0.15) is 0 Å². The molecule has 1 aromatic rings. The number of nitrogens with zero attached hydrogens (tertiary/aromatic N) is 2. The van der Waals surface area contributed by atoms with Crippen LogP contribution in [-0.2, 0) is 16.1 Å². The van der Waals surface area contributed by atoms with Crippen LogP contribution in [-0.4, -0.2) is 36.3 Å². The van der Waals surface area contributed by atoms with E-state index < -0.39 is 0 Å². The maximum Gasteiger partial charge on any atom is 0.156 e. The third-order valence-electron chi connectivity index (χ3n) is 2.49. The van der Waals surface area contributed by atoms with E-state index in [-0.39, 0.29) is 6.10 Å². The fourth-order valence-corrected chi connectivity index (χ4v) is 1.66. The summed E-state index contributed by atoms with van der Waals surface area (Å²) in [6, 6.07) is 1.90. The molecule has 1 aliphatic heterocycles. The lowest BCUT2D eigenvalue weighted by Gasteiger charge is -2.10. The number of hydrogen-bond acceptors (Lipinski definition) is 5. The van der Waals surface area contributed by atoms with Crippen molar-refractivity contribution in [2.45, 2.75) is 26.1 Å². The van der Waals surface area contributed by atoms with E-state index in [0.717, 1.165) is 30.4 Å². The molecule has 1 aromatic heterocycles. The molecule has 1 N–H and O–H groups in total. The monoisotopic (exact) mass is 223 g/mol. The summed E-state index contributed by atoms with van der Waals surface area (Å²) < 4.78 is 10.9. The minimum Gasteiger partial charge on any atom is -0.379 e. The summed E-state index contributed by atoms with van der Waals surface area (Å²) in [7, 11) is 1.84. The minimum absolute atomic E-state index is 0.196. The van der Waals surface area contributed by atoms with Gasteiger partial charge in [0.1, 0.15) is 12.4 Å². The Bertz CT molecular complexity index is 351. The van der Waals surface area contributed by atoms with Crippen LogP contribution in [0.2, 0.25) is 0 Å². The number of rotatable bonds is 4. The second kappa shape index (κ2) is 5.23. The summed E-state index contributed by atoms with van der Waals surface area (Å²) in [5.41, 5.74) is 0.945. The Kier molecular flexibility index (Phi) is 3.69. The molecule has 16 heavy (non-hydrogen) atoms. The largest absolute Gasteiger partial charge is 0.379 e. The second-order valence-corrected chi connectivity index (χ2v) is 3.86. The second-order valence-electron chi connectivity index (χ2n) is 3.86. The Morgan fingerprint density at radius 1 is 1.56 bits per heavy atom. The highest BCUT2D eigenvalue weighted by Gasteiger charge is 2.16. The predicted octanol–water partition coefficient (Wildman–Crippen LogP) is 1.13. The van der Waals surface area contributed by atoms with E-state index in [4.69, 9.17) is 9.47 Å². The normalized spacial score (nSPS) is 20.0. The topological polar surface area (TPSA) is 56.3 Å². The Morgan fingerprint density at radius 2 is 2.44 bits per heavy atom. The highest BCUT2D eigenvalue weighted by atomic mass is 16.5. The Hall–Kier alpha value is -1.20. The molecule has 88 valence electrons. The summed E-state index contributed by atoms with van der Waals surface area (Å²) in [5.74, 6) is 1.55. The van der Waals surface area contributed by atoms with Gasteiger partial charge in [0.25, 0.3) is 0 Å². The van der Waals surface area contributed by atoms with E-state index in [2.05, 4.69) is 15.3 Å². The zero-order valence-electron chi connectivity index (χ0n) is 9.69. The van der Waals surface area contributed by atoms with Crippen LogP contribution in [0.3, 0.4) is 0 Å². The van der Waals surface area contributed by atoms with Gasteiger partial charge in [-0.15, -0.1) is 0 Å². The molecule has 0 spiro atoms. The number of ether oxygens (including phenoxy) is 2. The first-order valence-electron chi connectivity index (χ1n) is 5.49. The molecule has 5 nitrogen and oxygen atoms in total. The van der Waals surface area contributed by atoms with Crippen LogP contribution in [0.1, 0.15) is 17.9 Å². The van der Waals surface area contributed by atoms with Crippen LogP contribution in [0.25, 0.3) is 0 Å². The first-order valence-corrected chi connectivity index (χ1v) is 5.49. The summed E-state index contributed by atoms with van der Waals surface area (Å²) in [4.78, 5) is 8.65. The standard InChI is InChI=1S/C11H17N3O2/c1-8-5-10(12-2)14-11(13-8)7-16-9-3-4-15-6-9/h5,9H,3-4,6-7H2,1-2H3,(H,12,13,14). The Morgan fingerprint density at radius 3 is 3.12 bits per heavy atom. The van der Waals surface area contributed by atoms with Gasteiger partial charge in [-0.3, -0.25) is 0 Å². The van der Waals surface area contributed by atoms with Gasteiger partial charge in [-0.1, -0.05) is 0 Å². The highest BCUT2D eigenvalue weighted by Crippen LogP contribution is 2.11. The maximum atomic E-state index is 5.67. The molecule has 0 bridgehead atoms. The molecule has 2 heterocycles. The van der Waals surface area contributed by atoms with Crippen LogP contribution < -0.4 is 5.32 Å². The van der Waals surface area contributed by atoms with Crippen molar-refractivity contribution in [3.63, 3.8) is 0 Å². The lowest BCUT2D eigenvalue weighted by atomic mass is 10.3. The number of hydrogen-bond donors (Lipinski definition) is 1. The first-order chi connectivity index (χ1) is 7.78. The molecule has 0 aliphatic carbocycles. The van der Waals surface area contributed by atoms with Gasteiger partial charge < -0.3 is 14.8 Å². The molecule has 0 saturated carbocycles.